The summed E-state index contributed by atoms with van der Waals surface area (Å²) in [5.74, 6) is -0.782. The third-order valence-corrected chi connectivity index (χ3v) is 7.04. The Kier molecular flexibility index (Phi) is 7.04. The number of anilines is 2. The fourth-order valence-corrected chi connectivity index (χ4v) is 5.24. The van der Waals surface area contributed by atoms with E-state index >= 15 is 0 Å². The number of benzene rings is 1. The van der Waals surface area contributed by atoms with Crippen LogP contribution in [0.25, 0.3) is 0 Å². The maximum Gasteiger partial charge on any atom is 0.349 e. The lowest BCUT2D eigenvalue weighted by Crippen LogP contribution is -2.18. The third-order valence-electron chi connectivity index (χ3n) is 3.70. The highest BCUT2D eigenvalue weighted by Gasteiger charge is 2.26. The Morgan fingerprint density at radius 2 is 1.89 bits per heavy atom. The largest absolute Gasteiger partial charge is 0.465 e. The molecule has 2 aromatic rings. The quantitative estimate of drug-likeness (QED) is 0.395. The number of sulfonamides is 2. The van der Waals surface area contributed by atoms with Crippen molar-refractivity contribution in [2.75, 3.05) is 23.7 Å². The van der Waals surface area contributed by atoms with Crippen LogP contribution in [0.4, 0.5) is 11.4 Å². The number of nitrogens with two attached hydrogens (primary N) is 1. The molecule has 0 fully saturated rings. The van der Waals surface area contributed by atoms with E-state index in [2.05, 4.69) is 14.8 Å². The molecule has 0 saturated heterocycles. The number of hydrogen-bond donors (Lipinski definition) is 3. The zero-order valence-electron chi connectivity index (χ0n) is 15.3. The molecule has 0 radical (unpaired) electrons. The minimum Gasteiger partial charge on any atom is -0.465 e. The normalized spacial score (nSPS) is 11.8. The molecule has 1 heterocycles. The van der Waals surface area contributed by atoms with Crippen LogP contribution in [-0.2, 0) is 24.8 Å². The van der Waals surface area contributed by atoms with E-state index in [1.807, 2.05) is 6.92 Å². The molecular weight excluding hydrogens is 426 g/mol. The molecule has 0 amide bonds. The number of primary sulfonamides is 1. The minimum absolute atomic E-state index is 0.00430. The highest BCUT2D eigenvalue weighted by Crippen LogP contribution is 2.30. The van der Waals surface area contributed by atoms with Crippen LogP contribution in [-0.4, -0.2) is 36.5 Å². The van der Waals surface area contributed by atoms with Crippen LogP contribution >= 0.6 is 11.3 Å². The summed E-state index contributed by atoms with van der Waals surface area (Å²) < 4.78 is 55.9. The molecule has 0 aliphatic heterocycles. The molecule has 1 aromatic heterocycles. The number of thiophene rings is 1. The Morgan fingerprint density at radius 1 is 1.18 bits per heavy atom. The van der Waals surface area contributed by atoms with Crippen LogP contribution in [0.2, 0.25) is 0 Å². The summed E-state index contributed by atoms with van der Waals surface area (Å²) in [7, 11) is -7.07. The molecule has 0 aliphatic carbocycles. The molecular formula is C16H21N3O6S3. The molecule has 1 aromatic carbocycles. The van der Waals surface area contributed by atoms with Gasteiger partial charge >= 0.3 is 5.97 Å². The lowest BCUT2D eigenvalue weighted by molar-refractivity contribution is 0.0602. The molecule has 4 N–H and O–H groups in total. The molecule has 0 bridgehead atoms. The van der Waals surface area contributed by atoms with Gasteiger partial charge in [0, 0.05) is 6.54 Å². The summed E-state index contributed by atoms with van der Waals surface area (Å²) in [6, 6.07) is 5.12. The van der Waals surface area contributed by atoms with Crippen molar-refractivity contribution in [2.45, 2.75) is 29.6 Å². The Bertz CT molecular complexity index is 1060. The van der Waals surface area contributed by atoms with Crippen LogP contribution in [0.15, 0.2) is 39.4 Å². The molecule has 0 aliphatic rings. The molecule has 0 spiro atoms. The zero-order chi connectivity index (χ0) is 20.9. The van der Waals surface area contributed by atoms with Crippen molar-refractivity contribution in [1.29, 1.82) is 0 Å². The molecule has 12 heteroatoms. The Balaban J connectivity index is 2.47. The fourth-order valence-electron chi connectivity index (χ4n) is 2.29. The van der Waals surface area contributed by atoms with Crippen molar-refractivity contribution in [2.24, 2.45) is 5.14 Å². The van der Waals surface area contributed by atoms with Gasteiger partial charge in [-0.1, -0.05) is 13.3 Å². The predicted molar refractivity (Wildman–Crippen MR) is 108 cm³/mol. The van der Waals surface area contributed by atoms with Gasteiger partial charge in [0.1, 0.15) is 9.77 Å². The number of unbranched alkanes of at least 4 members (excludes halogenated alkanes) is 1. The van der Waals surface area contributed by atoms with Crippen molar-refractivity contribution in [3.05, 3.63) is 34.5 Å². The number of esters is 1. The average Bonchev–Trinajstić information content (AvgIpc) is 3.12. The lowest BCUT2D eigenvalue weighted by Gasteiger charge is -2.15. The van der Waals surface area contributed by atoms with Crippen LogP contribution in [0.1, 0.15) is 29.4 Å². The van der Waals surface area contributed by atoms with E-state index in [0.29, 0.717) is 12.2 Å². The van der Waals surface area contributed by atoms with Crippen molar-refractivity contribution < 1.29 is 26.4 Å². The van der Waals surface area contributed by atoms with Gasteiger partial charge in [0.25, 0.3) is 10.0 Å². The molecule has 28 heavy (non-hydrogen) atoms. The van der Waals surface area contributed by atoms with Gasteiger partial charge in [0.05, 0.1) is 23.4 Å². The monoisotopic (exact) mass is 447 g/mol. The van der Waals surface area contributed by atoms with Gasteiger partial charge in [-0.3, -0.25) is 4.72 Å². The highest BCUT2D eigenvalue weighted by atomic mass is 32.2. The van der Waals surface area contributed by atoms with E-state index in [9.17, 15) is 21.6 Å². The van der Waals surface area contributed by atoms with Crippen LogP contribution < -0.4 is 15.2 Å². The van der Waals surface area contributed by atoms with Crippen LogP contribution in [0, 0.1) is 0 Å². The second-order valence-electron chi connectivity index (χ2n) is 5.74. The zero-order valence-corrected chi connectivity index (χ0v) is 17.7. The second kappa shape index (κ2) is 8.90. The van der Waals surface area contributed by atoms with E-state index in [4.69, 9.17) is 5.14 Å². The van der Waals surface area contributed by atoms with Crippen LogP contribution in [0.5, 0.6) is 0 Å². The summed E-state index contributed by atoms with van der Waals surface area (Å²) in [5, 5.41) is 9.66. The third kappa shape index (κ3) is 5.22. The number of carbonyl (C=O) groups is 1. The SMILES string of the molecule is CCCCNc1ccc(S(N)(=O)=O)cc1NS(=O)(=O)c1ccsc1C(=O)OC. The van der Waals surface area contributed by atoms with Crippen molar-refractivity contribution in [3.63, 3.8) is 0 Å². The van der Waals surface area contributed by atoms with Crippen LogP contribution in [0.3, 0.4) is 0 Å². The van der Waals surface area contributed by atoms with Gasteiger partial charge in [-0.15, -0.1) is 11.3 Å². The van der Waals surface area contributed by atoms with E-state index < -0.39 is 26.0 Å². The number of ether oxygens (including phenoxy) is 1. The number of carbonyl (C=O) groups excluding carboxylic acids is 1. The van der Waals surface area contributed by atoms with E-state index in [1.54, 1.807) is 0 Å². The molecule has 2 rings (SSSR count). The lowest BCUT2D eigenvalue weighted by atomic mass is 10.2. The van der Waals surface area contributed by atoms with E-state index in [0.717, 1.165) is 37.4 Å². The van der Waals surface area contributed by atoms with Gasteiger partial charge in [-0.2, -0.15) is 0 Å². The van der Waals surface area contributed by atoms with Gasteiger partial charge in [0.15, 0.2) is 0 Å². The summed E-state index contributed by atoms with van der Waals surface area (Å²) in [6.07, 6.45) is 1.75. The first-order chi connectivity index (χ1) is 13.1. The second-order valence-corrected chi connectivity index (χ2v) is 9.87. The molecule has 0 atom stereocenters. The Hall–Kier alpha value is -2.15. The number of hydrogen-bond acceptors (Lipinski definition) is 8. The summed E-state index contributed by atoms with van der Waals surface area (Å²) in [5.41, 5.74) is 0.393. The number of nitrogens with one attached hydrogen (secondary N) is 2. The Morgan fingerprint density at radius 3 is 2.50 bits per heavy atom. The number of rotatable bonds is 9. The summed E-state index contributed by atoms with van der Waals surface area (Å²) in [6.45, 7) is 2.56. The standard InChI is InChI=1S/C16H21N3O6S3/c1-3-4-8-18-12-6-5-11(27(17,21)22)10-13(12)19-28(23,24)14-7-9-26-15(14)16(20)25-2/h5-7,9-10,18-19H,3-4,8H2,1-2H3,(H2,17,21,22). The minimum atomic E-state index is -4.19. The summed E-state index contributed by atoms with van der Waals surface area (Å²) in [4.78, 5) is 11.2. The first kappa shape index (κ1) is 22.1. The van der Waals surface area contributed by atoms with Gasteiger partial charge in [-0.05, 0) is 36.1 Å². The number of methoxy groups -OCH3 is 1. The molecule has 9 nitrogen and oxygen atoms in total. The first-order valence-corrected chi connectivity index (χ1v) is 12.1. The average molecular weight is 448 g/mol. The molecule has 0 saturated carbocycles. The maximum atomic E-state index is 12.8. The van der Waals surface area contributed by atoms with E-state index in [1.165, 1.54) is 23.6 Å². The van der Waals surface area contributed by atoms with Gasteiger partial charge in [-0.25, -0.2) is 26.8 Å². The van der Waals surface area contributed by atoms with Crippen molar-refractivity contribution in [1.82, 2.24) is 0 Å². The van der Waals surface area contributed by atoms with E-state index in [-0.39, 0.29) is 20.4 Å². The Labute approximate surface area is 168 Å². The van der Waals surface area contributed by atoms with Crippen molar-refractivity contribution >= 4 is 48.7 Å². The van der Waals surface area contributed by atoms with Gasteiger partial charge < -0.3 is 10.1 Å². The van der Waals surface area contributed by atoms with Gasteiger partial charge in [0.2, 0.25) is 10.0 Å². The fraction of sp³-hybridized carbons (Fsp3) is 0.312. The van der Waals surface area contributed by atoms with Crippen molar-refractivity contribution in [3.8, 4) is 0 Å². The smallest absolute Gasteiger partial charge is 0.349 e. The highest BCUT2D eigenvalue weighted by molar-refractivity contribution is 7.93. The molecule has 0 unspecified atom stereocenters. The predicted octanol–water partition coefficient (Wildman–Crippen LogP) is 2.19. The molecule has 154 valence electrons. The first-order valence-electron chi connectivity index (χ1n) is 8.19. The topological polar surface area (TPSA) is 145 Å². The summed E-state index contributed by atoms with van der Waals surface area (Å²) >= 11 is 0.923. The maximum absolute atomic E-state index is 12.8.